The van der Waals surface area contributed by atoms with Crippen LogP contribution in [0.1, 0.15) is 18.4 Å². The highest BCUT2D eigenvalue weighted by atomic mass is 32.2. The molecule has 0 heterocycles. The molecular weight excluding hydrogens is 252 g/mol. The van der Waals surface area contributed by atoms with Crippen LogP contribution >= 0.6 is 11.8 Å². The topological polar surface area (TPSA) is 26.3 Å². The minimum absolute atomic E-state index is 0.0542. The van der Waals surface area contributed by atoms with Crippen LogP contribution in [0.5, 0.6) is 0 Å². The van der Waals surface area contributed by atoms with Crippen LogP contribution in [0, 0.1) is 0 Å². The molecule has 94 valence electrons. The van der Waals surface area contributed by atoms with Gasteiger partial charge in [-0.25, -0.2) is 0 Å². The summed E-state index contributed by atoms with van der Waals surface area (Å²) in [6.07, 6.45) is 5.92. The van der Waals surface area contributed by atoms with Crippen molar-refractivity contribution < 1.29 is 8.95 Å². The van der Waals surface area contributed by atoms with Gasteiger partial charge in [0.25, 0.3) is 0 Å². The van der Waals surface area contributed by atoms with Crippen molar-refractivity contribution in [2.24, 2.45) is 0 Å². The minimum atomic E-state index is -0.768. The Kier molecular flexibility index (Phi) is 4.28. The van der Waals surface area contributed by atoms with Gasteiger partial charge in [-0.1, -0.05) is 30.3 Å². The van der Waals surface area contributed by atoms with E-state index in [0.717, 1.165) is 12.8 Å². The van der Waals surface area contributed by atoms with E-state index in [2.05, 4.69) is 12.1 Å². The Morgan fingerprint density at radius 2 is 2.06 bits per heavy atom. The van der Waals surface area contributed by atoms with Crippen LogP contribution in [0.3, 0.4) is 0 Å². The molecule has 0 amide bonds. The van der Waals surface area contributed by atoms with Crippen molar-refractivity contribution >= 4 is 22.6 Å². The molecule has 0 aromatic heterocycles. The first-order chi connectivity index (χ1) is 8.16. The summed E-state index contributed by atoms with van der Waals surface area (Å²) in [5.74, 6) is 0. The van der Waals surface area contributed by atoms with Gasteiger partial charge in [0.1, 0.15) is 0 Å². The smallest absolute Gasteiger partial charge is 0.0952 e. The highest BCUT2D eigenvalue weighted by Gasteiger charge is 2.47. The molecule has 0 aliphatic heterocycles. The van der Waals surface area contributed by atoms with Gasteiger partial charge >= 0.3 is 0 Å². The zero-order valence-corrected chi connectivity index (χ0v) is 11.9. The molecule has 0 saturated heterocycles. The summed E-state index contributed by atoms with van der Waals surface area (Å²) in [4.78, 5) is 0. The van der Waals surface area contributed by atoms with Gasteiger partial charge in [0.05, 0.1) is 16.8 Å². The molecule has 4 heteroatoms. The average molecular weight is 270 g/mol. The van der Waals surface area contributed by atoms with Crippen molar-refractivity contribution in [1.29, 1.82) is 0 Å². The van der Waals surface area contributed by atoms with Crippen LogP contribution in [-0.2, 0) is 22.1 Å². The van der Waals surface area contributed by atoms with Crippen molar-refractivity contribution in [3.8, 4) is 0 Å². The maximum absolute atomic E-state index is 11.6. The molecule has 0 spiro atoms. The Morgan fingerprint density at radius 1 is 1.41 bits per heavy atom. The lowest BCUT2D eigenvalue weighted by molar-refractivity contribution is -0.0116. The molecule has 1 saturated carbocycles. The monoisotopic (exact) mass is 270 g/mol. The Morgan fingerprint density at radius 3 is 2.59 bits per heavy atom. The van der Waals surface area contributed by atoms with E-state index in [9.17, 15) is 4.21 Å². The van der Waals surface area contributed by atoms with E-state index in [1.54, 1.807) is 18.0 Å². The molecule has 1 fully saturated rings. The SMILES string of the molecule is CSC1(S(C)=O)CC(OCc2ccccc2)C1. The van der Waals surface area contributed by atoms with Crippen LogP contribution in [0.25, 0.3) is 0 Å². The van der Waals surface area contributed by atoms with Gasteiger partial charge in [0.2, 0.25) is 0 Å². The first-order valence-electron chi connectivity index (χ1n) is 5.70. The van der Waals surface area contributed by atoms with E-state index in [4.69, 9.17) is 4.74 Å². The lowest BCUT2D eigenvalue weighted by atomic mass is 9.94. The molecule has 0 bridgehead atoms. The van der Waals surface area contributed by atoms with Gasteiger partial charge in [0, 0.05) is 29.9 Å². The van der Waals surface area contributed by atoms with Gasteiger partial charge in [-0.2, -0.15) is 0 Å². The second-order valence-electron chi connectivity index (χ2n) is 4.40. The summed E-state index contributed by atoms with van der Waals surface area (Å²) in [5.41, 5.74) is 1.20. The molecule has 1 atom stereocenters. The third kappa shape index (κ3) is 2.92. The van der Waals surface area contributed by atoms with Crippen LogP contribution in [0.4, 0.5) is 0 Å². The van der Waals surface area contributed by atoms with Crippen LogP contribution < -0.4 is 0 Å². The van der Waals surface area contributed by atoms with Gasteiger partial charge in [-0.05, 0) is 11.8 Å². The predicted octanol–water partition coefficient (Wildman–Crippen LogP) is 2.80. The second-order valence-corrected chi connectivity index (χ2v) is 7.53. The molecule has 1 unspecified atom stereocenters. The van der Waals surface area contributed by atoms with Crippen LogP contribution in [0.15, 0.2) is 30.3 Å². The molecule has 1 aliphatic rings. The Labute approximate surface area is 110 Å². The average Bonchev–Trinajstić information content (AvgIpc) is 2.29. The minimum Gasteiger partial charge on any atom is -0.373 e. The molecule has 2 rings (SSSR count). The Hall–Kier alpha value is -0.320. The fourth-order valence-corrected chi connectivity index (χ4v) is 4.54. The first-order valence-corrected chi connectivity index (χ1v) is 8.49. The molecule has 1 aromatic rings. The molecule has 1 aromatic carbocycles. The number of hydrogen-bond acceptors (Lipinski definition) is 3. The first kappa shape index (κ1) is 13.1. The Bertz CT molecular complexity index is 386. The summed E-state index contributed by atoms with van der Waals surface area (Å²) in [5, 5.41) is 0. The fraction of sp³-hybridized carbons (Fsp3) is 0.538. The fourth-order valence-electron chi connectivity index (χ4n) is 2.06. The maximum atomic E-state index is 11.6. The predicted molar refractivity (Wildman–Crippen MR) is 74.6 cm³/mol. The van der Waals surface area contributed by atoms with Crippen molar-refractivity contribution in [2.75, 3.05) is 12.5 Å². The molecule has 1 aliphatic carbocycles. The number of ether oxygens (including phenoxy) is 1. The van der Waals surface area contributed by atoms with Gasteiger partial charge < -0.3 is 4.74 Å². The second kappa shape index (κ2) is 5.55. The summed E-state index contributed by atoms with van der Waals surface area (Å²) >= 11 is 1.71. The van der Waals surface area contributed by atoms with E-state index < -0.39 is 10.8 Å². The largest absolute Gasteiger partial charge is 0.373 e. The molecule has 0 radical (unpaired) electrons. The summed E-state index contributed by atoms with van der Waals surface area (Å²) in [7, 11) is -0.768. The van der Waals surface area contributed by atoms with Crippen molar-refractivity contribution in [1.82, 2.24) is 0 Å². The van der Waals surface area contributed by atoms with Crippen molar-refractivity contribution in [3.63, 3.8) is 0 Å². The van der Waals surface area contributed by atoms with Crippen molar-refractivity contribution in [3.05, 3.63) is 35.9 Å². The maximum Gasteiger partial charge on any atom is 0.0952 e. The van der Waals surface area contributed by atoms with E-state index in [-0.39, 0.29) is 10.2 Å². The van der Waals surface area contributed by atoms with E-state index in [1.165, 1.54) is 5.56 Å². The molecular formula is C13H18O2S2. The third-order valence-electron chi connectivity index (χ3n) is 3.30. The van der Waals surface area contributed by atoms with Crippen LogP contribution in [-0.4, -0.2) is 26.9 Å². The quantitative estimate of drug-likeness (QED) is 0.823. The number of benzene rings is 1. The molecule has 2 nitrogen and oxygen atoms in total. The van der Waals surface area contributed by atoms with Gasteiger partial charge in [-0.15, -0.1) is 11.8 Å². The number of hydrogen-bond donors (Lipinski definition) is 0. The third-order valence-corrected chi connectivity index (χ3v) is 6.96. The highest BCUT2D eigenvalue weighted by Crippen LogP contribution is 2.46. The number of thioether (sulfide) groups is 1. The van der Waals surface area contributed by atoms with Crippen molar-refractivity contribution in [2.45, 2.75) is 29.6 Å². The summed E-state index contributed by atoms with van der Waals surface area (Å²) in [6, 6.07) is 10.2. The lowest BCUT2D eigenvalue weighted by Gasteiger charge is -2.44. The van der Waals surface area contributed by atoms with Gasteiger partial charge in [-0.3, -0.25) is 4.21 Å². The highest BCUT2D eigenvalue weighted by molar-refractivity contribution is 8.12. The number of rotatable bonds is 5. The standard InChI is InChI=1S/C13H18O2S2/c1-16-13(17(2)14)8-12(9-13)15-10-11-6-4-3-5-7-11/h3-7,12H,8-10H2,1-2H3. The zero-order chi connectivity index (χ0) is 12.3. The van der Waals surface area contributed by atoms with Crippen LogP contribution in [0.2, 0.25) is 0 Å². The normalized spacial score (nSPS) is 29.6. The van der Waals surface area contributed by atoms with E-state index >= 15 is 0 Å². The lowest BCUT2D eigenvalue weighted by Crippen LogP contribution is -2.48. The Balaban J connectivity index is 1.80. The molecule has 0 N–H and O–H groups in total. The van der Waals surface area contributed by atoms with E-state index in [1.807, 2.05) is 24.5 Å². The molecule has 17 heavy (non-hydrogen) atoms. The van der Waals surface area contributed by atoms with Gasteiger partial charge in [0.15, 0.2) is 0 Å². The summed E-state index contributed by atoms with van der Waals surface area (Å²) < 4.78 is 17.4. The zero-order valence-electron chi connectivity index (χ0n) is 10.2. The van der Waals surface area contributed by atoms with E-state index in [0.29, 0.717) is 6.61 Å². The summed E-state index contributed by atoms with van der Waals surface area (Å²) in [6.45, 7) is 0.659.